The van der Waals surface area contributed by atoms with Crippen molar-refractivity contribution in [3.05, 3.63) is 43.7 Å². The number of pyridine rings is 1. The monoisotopic (exact) mass is 356 g/mol. The van der Waals surface area contributed by atoms with Crippen molar-refractivity contribution in [2.75, 3.05) is 5.32 Å². The van der Waals surface area contributed by atoms with E-state index in [1.54, 1.807) is 6.07 Å². The lowest BCUT2D eigenvalue weighted by atomic mass is 10.2. The number of anilines is 1. The molecule has 2 aromatic heterocycles. The van der Waals surface area contributed by atoms with Crippen LogP contribution in [-0.2, 0) is 11.2 Å². The average Bonchev–Trinajstić information content (AvgIpc) is 2.83. The number of carbonyl (C=O) groups excluding carboxylic acids is 2. The van der Waals surface area contributed by atoms with E-state index < -0.39 is 5.91 Å². The van der Waals surface area contributed by atoms with E-state index in [0.29, 0.717) is 10.0 Å². The number of primary amides is 1. The molecule has 0 aliphatic carbocycles. The molecule has 0 spiro atoms. The van der Waals surface area contributed by atoms with Crippen LogP contribution in [0, 0.1) is 0 Å². The van der Waals surface area contributed by atoms with Gasteiger partial charge in [0, 0.05) is 11.6 Å². The van der Waals surface area contributed by atoms with E-state index in [0.717, 1.165) is 11.3 Å². The van der Waals surface area contributed by atoms with E-state index in [4.69, 9.17) is 5.73 Å². The highest BCUT2D eigenvalue weighted by atomic mass is 79.9. The van der Waals surface area contributed by atoms with E-state index in [-0.39, 0.29) is 28.7 Å². The van der Waals surface area contributed by atoms with Crippen molar-refractivity contribution in [3.63, 3.8) is 0 Å². The third-order valence-electron chi connectivity index (χ3n) is 2.33. The zero-order valence-corrected chi connectivity index (χ0v) is 12.4. The van der Waals surface area contributed by atoms with Crippen LogP contribution < -0.4 is 16.6 Å². The number of carbonyl (C=O) groups is 2. The van der Waals surface area contributed by atoms with Crippen molar-refractivity contribution < 1.29 is 9.59 Å². The predicted octanol–water partition coefficient (Wildman–Crippen LogP) is 0.874. The maximum Gasteiger partial charge on any atom is 0.268 e. The largest absolute Gasteiger partial charge is 0.364 e. The number of rotatable bonds is 4. The molecular formula is C11H9BrN4O3S. The van der Waals surface area contributed by atoms with Crippen molar-refractivity contribution in [3.8, 4) is 0 Å². The first-order chi connectivity index (χ1) is 9.47. The standard InChI is InChI=1S/C11H9BrN4O3S/c12-8-5(1-2-14-10(8)19)3-7(17)16-11-15-6(4-20-11)9(13)18/h1-2,4H,3H2,(H2,13,18)(H,14,19)(H,15,16,17). The highest BCUT2D eigenvalue weighted by Gasteiger charge is 2.12. The fraction of sp³-hybridized carbons (Fsp3) is 0.0909. The Labute approximate surface area is 125 Å². The van der Waals surface area contributed by atoms with Gasteiger partial charge in [0.05, 0.1) is 10.9 Å². The molecule has 2 aromatic rings. The summed E-state index contributed by atoms with van der Waals surface area (Å²) in [6, 6.07) is 1.63. The molecule has 0 aliphatic heterocycles. The van der Waals surface area contributed by atoms with Gasteiger partial charge in [0.25, 0.3) is 11.5 Å². The average molecular weight is 357 g/mol. The number of nitrogens with one attached hydrogen (secondary N) is 2. The number of amides is 2. The summed E-state index contributed by atoms with van der Waals surface area (Å²) < 4.78 is 0.312. The molecular weight excluding hydrogens is 348 g/mol. The third kappa shape index (κ3) is 3.31. The highest BCUT2D eigenvalue weighted by Crippen LogP contribution is 2.16. The van der Waals surface area contributed by atoms with Gasteiger partial charge in [-0.1, -0.05) is 0 Å². The molecule has 2 heterocycles. The minimum absolute atomic E-state index is 0.00991. The zero-order chi connectivity index (χ0) is 14.7. The molecule has 20 heavy (non-hydrogen) atoms. The lowest BCUT2D eigenvalue weighted by Gasteiger charge is -2.03. The number of thiazole rings is 1. The number of H-pyrrole nitrogens is 1. The Balaban J connectivity index is 2.07. The fourth-order valence-corrected chi connectivity index (χ4v) is 2.52. The van der Waals surface area contributed by atoms with E-state index in [9.17, 15) is 14.4 Å². The Morgan fingerprint density at radius 1 is 1.50 bits per heavy atom. The smallest absolute Gasteiger partial charge is 0.268 e. The number of hydrogen-bond donors (Lipinski definition) is 3. The van der Waals surface area contributed by atoms with Crippen LogP contribution in [0.3, 0.4) is 0 Å². The van der Waals surface area contributed by atoms with Gasteiger partial charge in [-0.15, -0.1) is 11.3 Å². The molecule has 0 fully saturated rings. The fourth-order valence-electron chi connectivity index (χ4n) is 1.42. The van der Waals surface area contributed by atoms with E-state index >= 15 is 0 Å². The quantitative estimate of drug-likeness (QED) is 0.753. The second kappa shape index (κ2) is 5.97. The number of nitrogens with two attached hydrogens (primary N) is 1. The number of nitrogens with zero attached hydrogens (tertiary/aromatic N) is 1. The first-order valence-corrected chi connectivity index (χ1v) is 7.06. The van der Waals surface area contributed by atoms with Gasteiger partial charge in [0.1, 0.15) is 5.69 Å². The molecule has 0 aliphatic rings. The summed E-state index contributed by atoms with van der Waals surface area (Å²) in [7, 11) is 0. The van der Waals surface area contributed by atoms with Crippen molar-refractivity contribution in [2.45, 2.75) is 6.42 Å². The summed E-state index contributed by atoms with van der Waals surface area (Å²) in [6.07, 6.45) is 1.47. The number of halogens is 1. The van der Waals surface area contributed by atoms with Gasteiger partial charge in [-0.25, -0.2) is 4.98 Å². The SMILES string of the molecule is NC(=O)c1csc(NC(=O)Cc2cc[nH]c(=O)c2Br)n1. The van der Waals surface area contributed by atoms with Gasteiger partial charge in [-0.3, -0.25) is 14.4 Å². The second-order valence-corrected chi connectivity index (χ2v) is 5.42. The third-order valence-corrected chi connectivity index (χ3v) is 3.96. The molecule has 0 unspecified atom stereocenters. The van der Waals surface area contributed by atoms with Gasteiger partial charge in [0.15, 0.2) is 5.13 Å². The van der Waals surface area contributed by atoms with Crippen LogP contribution in [0.2, 0.25) is 0 Å². The number of hydrogen-bond acceptors (Lipinski definition) is 5. The molecule has 104 valence electrons. The van der Waals surface area contributed by atoms with Crippen molar-refractivity contribution in [2.24, 2.45) is 5.73 Å². The van der Waals surface area contributed by atoms with Crippen LogP contribution in [0.4, 0.5) is 5.13 Å². The first kappa shape index (κ1) is 14.4. The van der Waals surface area contributed by atoms with E-state index in [1.807, 2.05) is 0 Å². The van der Waals surface area contributed by atoms with E-state index in [1.165, 1.54) is 11.6 Å². The molecule has 0 aromatic carbocycles. The van der Waals surface area contributed by atoms with Gasteiger partial charge in [-0.2, -0.15) is 0 Å². The molecule has 2 rings (SSSR count). The summed E-state index contributed by atoms with van der Waals surface area (Å²) in [5.41, 5.74) is 5.41. The van der Waals surface area contributed by atoms with Crippen LogP contribution in [0.15, 0.2) is 26.9 Å². The van der Waals surface area contributed by atoms with Gasteiger partial charge < -0.3 is 16.0 Å². The Bertz CT molecular complexity index is 724. The van der Waals surface area contributed by atoms with Gasteiger partial charge in [0.2, 0.25) is 5.91 Å². The van der Waals surface area contributed by atoms with E-state index in [2.05, 4.69) is 31.2 Å². The minimum Gasteiger partial charge on any atom is -0.364 e. The molecule has 0 bridgehead atoms. The van der Waals surface area contributed by atoms with Gasteiger partial charge >= 0.3 is 0 Å². The highest BCUT2D eigenvalue weighted by molar-refractivity contribution is 9.10. The minimum atomic E-state index is -0.654. The summed E-state index contributed by atoms with van der Waals surface area (Å²) in [5, 5.41) is 4.28. The van der Waals surface area contributed by atoms with Crippen LogP contribution >= 0.6 is 27.3 Å². The molecule has 0 atom stereocenters. The summed E-state index contributed by atoms with van der Waals surface area (Å²) in [4.78, 5) is 40.4. The predicted molar refractivity (Wildman–Crippen MR) is 77.7 cm³/mol. The van der Waals surface area contributed by atoms with Gasteiger partial charge in [-0.05, 0) is 27.6 Å². The molecule has 0 saturated carbocycles. The summed E-state index contributed by atoms with van der Waals surface area (Å²) in [6.45, 7) is 0. The van der Waals surface area contributed by atoms with Crippen LogP contribution in [-0.4, -0.2) is 21.8 Å². The van der Waals surface area contributed by atoms with Crippen molar-refractivity contribution in [1.82, 2.24) is 9.97 Å². The van der Waals surface area contributed by atoms with Crippen LogP contribution in [0.25, 0.3) is 0 Å². The maximum atomic E-state index is 11.8. The number of aromatic nitrogens is 2. The van der Waals surface area contributed by atoms with Crippen molar-refractivity contribution in [1.29, 1.82) is 0 Å². The summed E-state index contributed by atoms with van der Waals surface area (Å²) in [5.74, 6) is -0.999. The van der Waals surface area contributed by atoms with Crippen molar-refractivity contribution >= 4 is 44.2 Å². The molecule has 4 N–H and O–H groups in total. The Morgan fingerprint density at radius 3 is 2.90 bits per heavy atom. The lowest BCUT2D eigenvalue weighted by Crippen LogP contribution is -2.17. The molecule has 0 radical (unpaired) electrons. The Hall–Kier alpha value is -2.00. The Kier molecular flexibility index (Phi) is 4.30. The van der Waals surface area contributed by atoms with Crippen LogP contribution in [0.5, 0.6) is 0 Å². The lowest BCUT2D eigenvalue weighted by molar-refractivity contribution is -0.115. The normalized spacial score (nSPS) is 10.2. The topological polar surface area (TPSA) is 118 Å². The Morgan fingerprint density at radius 2 is 2.25 bits per heavy atom. The molecule has 7 nitrogen and oxygen atoms in total. The second-order valence-electron chi connectivity index (χ2n) is 3.77. The maximum absolute atomic E-state index is 11.8. The first-order valence-electron chi connectivity index (χ1n) is 5.38. The van der Waals surface area contributed by atoms with Crippen LogP contribution in [0.1, 0.15) is 16.1 Å². The summed E-state index contributed by atoms with van der Waals surface area (Å²) >= 11 is 4.22. The molecule has 0 saturated heterocycles. The molecule has 9 heteroatoms. The zero-order valence-electron chi connectivity index (χ0n) is 9.97. The number of aromatic amines is 1. The molecule has 2 amide bonds.